The lowest BCUT2D eigenvalue weighted by Crippen LogP contribution is -2.43. The van der Waals surface area contributed by atoms with Crippen LogP contribution >= 0.6 is 0 Å². The number of methoxy groups -OCH3 is 1. The predicted octanol–water partition coefficient (Wildman–Crippen LogP) is 1.47. The zero-order valence-corrected chi connectivity index (χ0v) is 15.4. The molecular weight excluding hydrogens is 358 g/mol. The van der Waals surface area contributed by atoms with Crippen molar-refractivity contribution in [1.29, 1.82) is 0 Å². The lowest BCUT2D eigenvalue weighted by atomic mass is 10.1. The van der Waals surface area contributed by atoms with Gasteiger partial charge in [0.25, 0.3) is 5.89 Å². The summed E-state index contributed by atoms with van der Waals surface area (Å²) in [5.41, 5.74) is 2.36. The number of rotatable bonds is 5. The normalized spacial score (nSPS) is 21.0. The molecule has 2 heterocycles. The van der Waals surface area contributed by atoms with Crippen molar-refractivity contribution in [2.45, 2.75) is 36.8 Å². The standard InChI is InChI=1S/C17H21N3O5S/c1-23-11-16-18-17(19-25-16)15-10-24-8-7-20(15)26(21,22)14-6-5-12-3-2-4-13(12)9-14/h5-6,9,15H,2-4,7-8,10-11H2,1H3/t15-/m1/s1. The van der Waals surface area contributed by atoms with Crippen LogP contribution in [-0.2, 0) is 38.9 Å². The van der Waals surface area contributed by atoms with E-state index in [4.69, 9.17) is 14.0 Å². The highest BCUT2D eigenvalue weighted by Gasteiger charge is 2.38. The topological polar surface area (TPSA) is 94.8 Å². The first-order valence-corrected chi connectivity index (χ1v) is 10.1. The number of hydrogen-bond acceptors (Lipinski definition) is 7. The molecule has 1 aromatic heterocycles. The third-order valence-electron chi connectivity index (χ3n) is 4.81. The molecule has 0 spiro atoms. The van der Waals surface area contributed by atoms with Crippen molar-refractivity contribution in [1.82, 2.24) is 14.4 Å². The lowest BCUT2D eigenvalue weighted by molar-refractivity contribution is 0.0282. The van der Waals surface area contributed by atoms with Gasteiger partial charge in [-0.15, -0.1) is 0 Å². The molecular formula is C17H21N3O5S. The third kappa shape index (κ3) is 3.16. The van der Waals surface area contributed by atoms with Crippen molar-refractivity contribution in [3.63, 3.8) is 0 Å². The van der Waals surface area contributed by atoms with Crippen LogP contribution in [0.5, 0.6) is 0 Å². The fraction of sp³-hybridized carbons (Fsp3) is 0.529. The minimum absolute atomic E-state index is 0.179. The van der Waals surface area contributed by atoms with Gasteiger partial charge in [0.2, 0.25) is 10.0 Å². The van der Waals surface area contributed by atoms with Gasteiger partial charge in [-0.25, -0.2) is 8.42 Å². The zero-order valence-electron chi connectivity index (χ0n) is 14.6. The third-order valence-corrected chi connectivity index (χ3v) is 6.71. The van der Waals surface area contributed by atoms with E-state index in [0.29, 0.717) is 23.2 Å². The molecule has 8 nitrogen and oxygen atoms in total. The summed E-state index contributed by atoms with van der Waals surface area (Å²) in [5, 5.41) is 3.92. The van der Waals surface area contributed by atoms with Crippen LogP contribution in [0.2, 0.25) is 0 Å². The summed E-state index contributed by atoms with van der Waals surface area (Å²) >= 11 is 0. The number of morpholine rings is 1. The molecule has 1 aliphatic carbocycles. The highest BCUT2D eigenvalue weighted by molar-refractivity contribution is 7.89. The molecule has 1 aromatic carbocycles. The highest BCUT2D eigenvalue weighted by Crippen LogP contribution is 2.31. The quantitative estimate of drug-likeness (QED) is 0.776. The van der Waals surface area contributed by atoms with E-state index in [-0.39, 0.29) is 19.8 Å². The van der Waals surface area contributed by atoms with Gasteiger partial charge in [-0.1, -0.05) is 11.2 Å². The van der Waals surface area contributed by atoms with Crippen LogP contribution in [0.25, 0.3) is 0 Å². The molecule has 2 aliphatic rings. The molecule has 0 radical (unpaired) electrons. The van der Waals surface area contributed by atoms with Gasteiger partial charge >= 0.3 is 0 Å². The van der Waals surface area contributed by atoms with Gasteiger partial charge in [0.1, 0.15) is 12.6 Å². The zero-order chi connectivity index (χ0) is 18.1. The van der Waals surface area contributed by atoms with E-state index in [1.54, 1.807) is 12.1 Å². The van der Waals surface area contributed by atoms with Gasteiger partial charge in [0.05, 0.1) is 18.1 Å². The molecule has 0 unspecified atom stereocenters. The van der Waals surface area contributed by atoms with E-state index < -0.39 is 16.1 Å². The number of aromatic nitrogens is 2. The maximum Gasteiger partial charge on any atom is 0.252 e. The Balaban J connectivity index is 1.66. The first-order chi connectivity index (χ1) is 12.6. The first-order valence-electron chi connectivity index (χ1n) is 8.62. The number of aryl methyl sites for hydroxylation is 2. The Labute approximate surface area is 152 Å². The number of sulfonamides is 1. The Morgan fingerprint density at radius 3 is 3.00 bits per heavy atom. The molecule has 140 valence electrons. The van der Waals surface area contributed by atoms with Crippen molar-refractivity contribution in [2.75, 3.05) is 26.9 Å². The van der Waals surface area contributed by atoms with Crippen LogP contribution in [0.15, 0.2) is 27.6 Å². The Morgan fingerprint density at radius 1 is 1.31 bits per heavy atom. The van der Waals surface area contributed by atoms with Crippen molar-refractivity contribution in [3.05, 3.63) is 41.0 Å². The SMILES string of the molecule is COCc1nc([C@H]2COCCN2S(=O)(=O)c2ccc3c(c2)CCC3)no1. The molecule has 1 aliphatic heterocycles. The van der Waals surface area contributed by atoms with E-state index in [1.807, 2.05) is 6.07 Å². The van der Waals surface area contributed by atoms with E-state index >= 15 is 0 Å². The molecule has 4 rings (SSSR count). The summed E-state index contributed by atoms with van der Waals surface area (Å²) in [6, 6.07) is 4.81. The maximum absolute atomic E-state index is 13.3. The lowest BCUT2D eigenvalue weighted by Gasteiger charge is -2.32. The number of nitrogens with zero attached hydrogens (tertiary/aromatic N) is 3. The average molecular weight is 379 g/mol. The van der Waals surface area contributed by atoms with Crippen LogP contribution in [-0.4, -0.2) is 49.7 Å². The van der Waals surface area contributed by atoms with E-state index in [1.165, 1.54) is 17.0 Å². The van der Waals surface area contributed by atoms with Crippen molar-refractivity contribution < 1.29 is 22.4 Å². The average Bonchev–Trinajstić information content (AvgIpc) is 3.30. The summed E-state index contributed by atoms with van der Waals surface area (Å²) in [6.45, 7) is 0.954. The monoisotopic (exact) mass is 379 g/mol. The molecule has 0 N–H and O–H groups in total. The molecule has 1 atom stereocenters. The van der Waals surface area contributed by atoms with Crippen LogP contribution in [0.3, 0.4) is 0 Å². The molecule has 1 saturated heterocycles. The minimum atomic E-state index is -3.68. The minimum Gasteiger partial charge on any atom is -0.378 e. The molecule has 0 amide bonds. The van der Waals surface area contributed by atoms with E-state index in [9.17, 15) is 8.42 Å². The molecule has 0 bridgehead atoms. The fourth-order valence-corrected chi connectivity index (χ4v) is 5.12. The molecule has 26 heavy (non-hydrogen) atoms. The number of hydrogen-bond donors (Lipinski definition) is 0. The summed E-state index contributed by atoms with van der Waals surface area (Å²) < 4.78 is 43.5. The predicted molar refractivity (Wildman–Crippen MR) is 90.9 cm³/mol. The van der Waals surface area contributed by atoms with E-state index in [0.717, 1.165) is 24.8 Å². The molecule has 2 aromatic rings. The summed E-state index contributed by atoms with van der Waals surface area (Å²) in [5.74, 6) is 0.601. The van der Waals surface area contributed by atoms with E-state index in [2.05, 4.69) is 10.1 Å². The summed E-state index contributed by atoms with van der Waals surface area (Å²) in [7, 11) is -2.16. The Morgan fingerprint density at radius 2 is 2.15 bits per heavy atom. The van der Waals surface area contributed by atoms with Crippen LogP contribution in [0.4, 0.5) is 0 Å². The Kier molecular flexibility index (Phi) is 4.78. The van der Waals surface area contributed by atoms with Gasteiger partial charge in [0, 0.05) is 13.7 Å². The molecule has 0 saturated carbocycles. The van der Waals surface area contributed by atoms with Crippen LogP contribution in [0.1, 0.15) is 35.3 Å². The first kappa shape index (κ1) is 17.6. The second-order valence-electron chi connectivity index (χ2n) is 6.47. The van der Waals surface area contributed by atoms with Crippen molar-refractivity contribution >= 4 is 10.0 Å². The van der Waals surface area contributed by atoms with Crippen LogP contribution < -0.4 is 0 Å². The smallest absolute Gasteiger partial charge is 0.252 e. The number of fused-ring (bicyclic) bond motifs is 1. The van der Waals surface area contributed by atoms with Gasteiger partial charge in [-0.05, 0) is 42.5 Å². The fourth-order valence-electron chi connectivity index (χ4n) is 3.51. The molecule has 1 fully saturated rings. The maximum atomic E-state index is 13.3. The number of ether oxygens (including phenoxy) is 2. The number of benzene rings is 1. The second-order valence-corrected chi connectivity index (χ2v) is 8.36. The molecule has 9 heteroatoms. The van der Waals surface area contributed by atoms with Gasteiger partial charge in [-0.3, -0.25) is 0 Å². The largest absolute Gasteiger partial charge is 0.378 e. The van der Waals surface area contributed by atoms with Gasteiger partial charge < -0.3 is 14.0 Å². The summed E-state index contributed by atoms with van der Waals surface area (Å²) in [4.78, 5) is 4.56. The van der Waals surface area contributed by atoms with Gasteiger partial charge in [-0.2, -0.15) is 9.29 Å². The summed E-state index contributed by atoms with van der Waals surface area (Å²) in [6.07, 6.45) is 3.02. The van der Waals surface area contributed by atoms with Crippen molar-refractivity contribution in [3.8, 4) is 0 Å². The van der Waals surface area contributed by atoms with Gasteiger partial charge in [0.15, 0.2) is 5.82 Å². The Hall–Kier alpha value is -1.81. The highest BCUT2D eigenvalue weighted by atomic mass is 32.2. The van der Waals surface area contributed by atoms with Crippen molar-refractivity contribution in [2.24, 2.45) is 0 Å². The van der Waals surface area contributed by atoms with Crippen LogP contribution in [0, 0.1) is 0 Å². The second kappa shape index (κ2) is 7.07. The Bertz CT molecular complexity index is 896.